The molecule has 2 heterocycles. The Morgan fingerprint density at radius 3 is 2.46 bits per heavy atom. The molecule has 2 aliphatic heterocycles. The van der Waals surface area contributed by atoms with E-state index < -0.39 is 17.7 Å². The van der Waals surface area contributed by atoms with Gasteiger partial charge >= 0.3 is 6.09 Å². The first kappa shape index (κ1) is 16.9. The van der Waals surface area contributed by atoms with E-state index in [0.717, 1.165) is 12.8 Å². The lowest BCUT2D eigenvalue weighted by molar-refractivity contribution is -0.142. The van der Waals surface area contributed by atoms with Gasteiger partial charge in [0, 0.05) is 11.0 Å². The van der Waals surface area contributed by atoms with Crippen LogP contribution >= 0.6 is 0 Å². The van der Waals surface area contributed by atoms with Crippen molar-refractivity contribution in [3.63, 3.8) is 0 Å². The Bertz CT molecular complexity index is 794. The summed E-state index contributed by atoms with van der Waals surface area (Å²) < 4.78 is 5.32. The molecule has 7 heteroatoms. The van der Waals surface area contributed by atoms with Gasteiger partial charge in [-0.1, -0.05) is 18.2 Å². The van der Waals surface area contributed by atoms with Crippen molar-refractivity contribution in [3.05, 3.63) is 35.4 Å². The third-order valence-corrected chi connectivity index (χ3v) is 5.12. The number of hydrogen-bond donors (Lipinski definition) is 1. The zero-order valence-corrected chi connectivity index (χ0v) is 15.2. The molecule has 1 spiro atoms. The number of nitrogens with one attached hydrogen (secondary N) is 1. The number of hydrazine groups is 1. The molecule has 3 aliphatic rings. The maximum atomic E-state index is 13.2. The quantitative estimate of drug-likeness (QED) is 0.836. The van der Waals surface area contributed by atoms with E-state index in [2.05, 4.69) is 5.32 Å². The van der Waals surface area contributed by atoms with Crippen molar-refractivity contribution >= 4 is 17.9 Å². The highest BCUT2D eigenvalue weighted by atomic mass is 16.6. The van der Waals surface area contributed by atoms with Gasteiger partial charge in [0.15, 0.2) is 0 Å². The lowest BCUT2D eigenvalue weighted by atomic mass is 9.98. The molecule has 4 rings (SSSR count). The first-order chi connectivity index (χ1) is 12.2. The number of benzene rings is 1. The second-order valence-electron chi connectivity index (χ2n) is 8.43. The maximum Gasteiger partial charge on any atom is 0.408 e. The number of alkyl carbamates (subject to hydrolysis) is 1. The summed E-state index contributed by atoms with van der Waals surface area (Å²) >= 11 is 0. The van der Waals surface area contributed by atoms with Gasteiger partial charge in [0.25, 0.3) is 11.8 Å². The second kappa shape index (κ2) is 5.46. The molecule has 1 saturated carbocycles. The monoisotopic (exact) mass is 357 g/mol. The van der Waals surface area contributed by atoms with Crippen LogP contribution in [0.3, 0.4) is 0 Å². The molecule has 0 radical (unpaired) electrons. The van der Waals surface area contributed by atoms with Gasteiger partial charge < -0.3 is 10.1 Å². The van der Waals surface area contributed by atoms with E-state index >= 15 is 0 Å². The van der Waals surface area contributed by atoms with Crippen molar-refractivity contribution < 1.29 is 19.1 Å². The molecule has 138 valence electrons. The van der Waals surface area contributed by atoms with Crippen molar-refractivity contribution in [2.75, 3.05) is 13.1 Å². The average molecular weight is 357 g/mol. The van der Waals surface area contributed by atoms with Crippen molar-refractivity contribution in [1.82, 2.24) is 15.3 Å². The van der Waals surface area contributed by atoms with Crippen LogP contribution in [0.4, 0.5) is 4.79 Å². The molecule has 2 fully saturated rings. The number of fused-ring (bicyclic) bond motifs is 2. The van der Waals surface area contributed by atoms with Crippen LogP contribution in [0.15, 0.2) is 24.3 Å². The predicted octanol–water partition coefficient (Wildman–Crippen LogP) is 2.25. The van der Waals surface area contributed by atoms with Gasteiger partial charge in [0.05, 0.1) is 13.1 Å². The van der Waals surface area contributed by atoms with Crippen molar-refractivity contribution in [2.24, 2.45) is 5.41 Å². The number of nitrogens with zero attached hydrogens (tertiary/aromatic N) is 2. The number of carbonyl (C=O) groups is 3. The van der Waals surface area contributed by atoms with Crippen LogP contribution in [0.2, 0.25) is 0 Å². The van der Waals surface area contributed by atoms with Gasteiger partial charge in [-0.05, 0) is 45.2 Å². The summed E-state index contributed by atoms with van der Waals surface area (Å²) in [5, 5.41) is 5.73. The predicted molar refractivity (Wildman–Crippen MR) is 93.0 cm³/mol. The highest BCUT2D eigenvalue weighted by Gasteiger charge is 2.56. The van der Waals surface area contributed by atoms with E-state index in [4.69, 9.17) is 4.74 Å². The summed E-state index contributed by atoms with van der Waals surface area (Å²) in [5.41, 5.74) is 0.314. The topological polar surface area (TPSA) is 79.0 Å². The van der Waals surface area contributed by atoms with Gasteiger partial charge in [0.1, 0.15) is 11.6 Å². The normalized spacial score (nSPS) is 23.4. The number of hydrogen-bond acceptors (Lipinski definition) is 4. The fraction of sp³-hybridized carbons (Fsp3) is 0.526. The van der Waals surface area contributed by atoms with E-state index in [1.165, 1.54) is 5.01 Å². The van der Waals surface area contributed by atoms with E-state index in [1.807, 2.05) is 0 Å². The van der Waals surface area contributed by atoms with E-state index in [1.54, 1.807) is 50.0 Å². The zero-order valence-electron chi connectivity index (χ0n) is 15.2. The Kier molecular flexibility index (Phi) is 3.54. The van der Waals surface area contributed by atoms with Gasteiger partial charge in [-0.25, -0.2) is 14.8 Å². The minimum absolute atomic E-state index is 0.0358. The highest BCUT2D eigenvalue weighted by Crippen LogP contribution is 2.52. The fourth-order valence-electron chi connectivity index (χ4n) is 3.66. The molecule has 3 amide bonds. The Balaban J connectivity index is 1.70. The molecule has 0 aromatic heterocycles. The highest BCUT2D eigenvalue weighted by molar-refractivity contribution is 6.02. The summed E-state index contributed by atoms with van der Waals surface area (Å²) in [5.74, 6) is -0.482. The molecule has 1 aromatic carbocycles. The van der Waals surface area contributed by atoms with Crippen LogP contribution in [-0.4, -0.2) is 46.6 Å². The summed E-state index contributed by atoms with van der Waals surface area (Å²) in [6.45, 7) is 6.37. The number of amides is 3. The maximum absolute atomic E-state index is 13.2. The van der Waals surface area contributed by atoms with Crippen LogP contribution in [0.5, 0.6) is 0 Å². The summed E-state index contributed by atoms with van der Waals surface area (Å²) in [6, 6.07) is 6.00. The molecule has 7 nitrogen and oxygen atoms in total. The number of rotatable bonds is 1. The van der Waals surface area contributed by atoms with Crippen LogP contribution < -0.4 is 5.32 Å². The molecular weight excluding hydrogens is 334 g/mol. The molecule has 1 saturated heterocycles. The van der Waals surface area contributed by atoms with Crippen molar-refractivity contribution in [2.45, 2.75) is 45.3 Å². The Morgan fingerprint density at radius 2 is 1.81 bits per heavy atom. The van der Waals surface area contributed by atoms with Crippen LogP contribution in [0.1, 0.15) is 55.6 Å². The lowest BCUT2D eigenvalue weighted by Crippen LogP contribution is -2.47. The molecule has 1 N–H and O–H groups in total. The minimum atomic E-state index is -0.941. The first-order valence-electron chi connectivity index (χ1n) is 8.91. The Morgan fingerprint density at radius 1 is 1.15 bits per heavy atom. The largest absolute Gasteiger partial charge is 0.444 e. The number of carbonyl (C=O) groups excluding carboxylic acids is 3. The molecular formula is C19H23N3O4. The molecule has 1 aromatic rings. The third-order valence-electron chi connectivity index (χ3n) is 5.12. The first-order valence-corrected chi connectivity index (χ1v) is 8.91. The minimum Gasteiger partial charge on any atom is -0.444 e. The summed E-state index contributed by atoms with van der Waals surface area (Å²) in [4.78, 5) is 38.5. The van der Waals surface area contributed by atoms with Crippen LogP contribution in [-0.2, 0) is 9.53 Å². The van der Waals surface area contributed by atoms with Gasteiger partial charge in [-0.2, -0.15) is 0 Å². The van der Waals surface area contributed by atoms with Gasteiger partial charge in [0.2, 0.25) is 0 Å². The fourth-order valence-corrected chi connectivity index (χ4v) is 3.66. The van der Waals surface area contributed by atoms with E-state index in [-0.39, 0.29) is 17.2 Å². The molecule has 26 heavy (non-hydrogen) atoms. The number of ether oxygens (including phenoxy) is 1. The second-order valence-corrected chi connectivity index (χ2v) is 8.43. The Hall–Kier alpha value is -2.57. The SMILES string of the molecule is CC(C)(C)OC(=O)NC1C(=O)N2CC3(CC3)CN2C(=O)c2ccccc21. The zero-order chi connectivity index (χ0) is 18.7. The summed E-state index contributed by atoms with van der Waals surface area (Å²) in [6.07, 6.45) is 1.37. The van der Waals surface area contributed by atoms with Crippen molar-refractivity contribution in [3.8, 4) is 0 Å². The van der Waals surface area contributed by atoms with E-state index in [0.29, 0.717) is 24.2 Å². The molecule has 1 unspecified atom stereocenters. The molecule has 1 aliphatic carbocycles. The van der Waals surface area contributed by atoms with Crippen LogP contribution in [0.25, 0.3) is 0 Å². The van der Waals surface area contributed by atoms with Gasteiger partial charge in [-0.3, -0.25) is 9.59 Å². The van der Waals surface area contributed by atoms with Crippen LogP contribution in [0, 0.1) is 5.41 Å². The van der Waals surface area contributed by atoms with E-state index in [9.17, 15) is 14.4 Å². The standard InChI is InChI=1S/C19H23N3O4/c1-18(2,3)26-17(25)20-14-12-6-4-5-7-13(12)15(23)21-10-19(8-9-19)11-22(21)16(14)24/h4-7,14H,8-11H2,1-3H3,(H,20,25). The van der Waals surface area contributed by atoms with Crippen molar-refractivity contribution in [1.29, 1.82) is 0 Å². The average Bonchev–Trinajstić information content (AvgIpc) is 3.21. The smallest absolute Gasteiger partial charge is 0.408 e. The third kappa shape index (κ3) is 2.81. The molecule has 1 atom stereocenters. The molecule has 0 bridgehead atoms. The Labute approximate surface area is 152 Å². The summed E-state index contributed by atoms with van der Waals surface area (Å²) in [7, 11) is 0. The lowest BCUT2D eigenvalue weighted by Gasteiger charge is -2.28. The van der Waals surface area contributed by atoms with Gasteiger partial charge in [-0.15, -0.1) is 0 Å².